The van der Waals surface area contributed by atoms with Gasteiger partial charge in [-0.25, -0.2) is 4.99 Å². The molecule has 2 unspecified atom stereocenters. The number of guanidine groups is 1. The fourth-order valence-electron chi connectivity index (χ4n) is 3.52. The van der Waals surface area contributed by atoms with E-state index in [1.54, 1.807) is 12.1 Å². The van der Waals surface area contributed by atoms with Crippen LogP contribution in [0.5, 0.6) is 5.75 Å². The highest BCUT2D eigenvalue weighted by Crippen LogP contribution is 2.33. The van der Waals surface area contributed by atoms with E-state index in [2.05, 4.69) is 53.7 Å². The number of aryl methyl sites for hydroxylation is 1. The third kappa shape index (κ3) is 5.73. The number of phenols is 1. The third-order valence-electron chi connectivity index (χ3n) is 5.08. The molecule has 150 valence electrons. The zero-order valence-electron chi connectivity index (χ0n) is 16.8. The highest BCUT2D eigenvalue weighted by atomic mass is 16.5. The first-order valence-corrected chi connectivity index (χ1v) is 10.1. The van der Waals surface area contributed by atoms with Crippen molar-refractivity contribution in [2.24, 2.45) is 10.9 Å². The van der Waals surface area contributed by atoms with Gasteiger partial charge in [-0.15, -0.1) is 0 Å². The minimum absolute atomic E-state index is 0.127. The first-order valence-electron chi connectivity index (χ1n) is 10.1. The van der Waals surface area contributed by atoms with Crippen LogP contribution in [0.2, 0.25) is 0 Å². The van der Waals surface area contributed by atoms with E-state index in [0.29, 0.717) is 12.5 Å². The first-order chi connectivity index (χ1) is 13.7. The number of aromatic hydroxyl groups is 1. The maximum Gasteiger partial charge on any atom is 0.191 e. The van der Waals surface area contributed by atoms with Crippen LogP contribution >= 0.6 is 0 Å². The number of aliphatic imine (C=N–C) groups is 1. The SMILES string of the molecule is CCNC(=NCc1ccc(O)cc1)NCC1CCCOC1c1ccc(C)cc1. The summed E-state index contributed by atoms with van der Waals surface area (Å²) in [5, 5.41) is 16.2. The van der Waals surface area contributed by atoms with Crippen molar-refractivity contribution in [1.29, 1.82) is 0 Å². The second kappa shape index (κ2) is 10.1. The van der Waals surface area contributed by atoms with Crippen LogP contribution in [0, 0.1) is 12.8 Å². The lowest BCUT2D eigenvalue weighted by Gasteiger charge is -2.32. The molecule has 0 bridgehead atoms. The molecule has 2 aromatic rings. The Hall–Kier alpha value is -2.53. The normalized spacial score (nSPS) is 20.0. The van der Waals surface area contributed by atoms with E-state index in [1.807, 2.05) is 12.1 Å². The van der Waals surface area contributed by atoms with Crippen LogP contribution in [-0.4, -0.2) is 30.8 Å². The van der Waals surface area contributed by atoms with E-state index in [-0.39, 0.29) is 11.9 Å². The third-order valence-corrected chi connectivity index (χ3v) is 5.08. The number of nitrogens with zero attached hydrogens (tertiary/aromatic N) is 1. The molecule has 3 rings (SSSR count). The van der Waals surface area contributed by atoms with Crippen molar-refractivity contribution in [2.45, 2.75) is 39.3 Å². The van der Waals surface area contributed by atoms with Crippen molar-refractivity contribution in [1.82, 2.24) is 10.6 Å². The summed E-state index contributed by atoms with van der Waals surface area (Å²) in [6, 6.07) is 15.8. The summed E-state index contributed by atoms with van der Waals surface area (Å²) in [6.07, 6.45) is 2.36. The van der Waals surface area contributed by atoms with Gasteiger partial charge in [0.25, 0.3) is 0 Å². The highest BCUT2D eigenvalue weighted by molar-refractivity contribution is 5.79. The lowest BCUT2D eigenvalue weighted by atomic mass is 9.89. The number of benzene rings is 2. The Labute approximate surface area is 167 Å². The van der Waals surface area contributed by atoms with Crippen LogP contribution in [0.1, 0.15) is 42.6 Å². The Balaban J connectivity index is 1.62. The molecule has 5 heteroatoms. The van der Waals surface area contributed by atoms with Gasteiger partial charge in [-0.3, -0.25) is 0 Å². The minimum Gasteiger partial charge on any atom is -0.508 e. The van der Waals surface area contributed by atoms with Gasteiger partial charge >= 0.3 is 0 Å². The average Bonchev–Trinajstić information content (AvgIpc) is 2.72. The number of phenolic OH excluding ortho intramolecular Hbond substituents is 1. The van der Waals surface area contributed by atoms with Gasteiger partial charge in [-0.05, 0) is 49.9 Å². The van der Waals surface area contributed by atoms with Gasteiger partial charge in [-0.2, -0.15) is 0 Å². The lowest BCUT2D eigenvalue weighted by molar-refractivity contribution is -0.0265. The summed E-state index contributed by atoms with van der Waals surface area (Å²) in [4.78, 5) is 4.68. The van der Waals surface area contributed by atoms with Crippen LogP contribution in [0.4, 0.5) is 0 Å². The van der Waals surface area contributed by atoms with Crippen molar-refractivity contribution in [3.8, 4) is 5.75 Å². The summed E-state index contributed by atoms with van der Waals surface area (Å²) in [5.74, 6) is 1.50. The molecule has 5 nitrogen and oxygen atoms in total. The first kappa shape index (κ1) is 20.2. The van der Waals surface area contributed by atoms with E-state index in [0.717, 1.165) is 44.1 Å². The molecule has 3 N–H and O–H groups in total. The molecule has 1 saturated heterocycles. The van der Waals surface area contributed by atoms with Crippen molar-refractivity contribution in [2.75, 3.05) is 19.7 Å². The Kier molecular flexibility index (Phi) is 7.31. The molecular weight excluding hydrogens is 350 g/mol. The van der Waals surface area contributed by atoms with E-state index in [1.165, 1.54) is 11.1 Å². The quantitative estimate of drug-likeness (QED) is 0.524. The van der Waals surface area contributed by atoms with E-state index >= 15 is 0 Å². The van der Waals surface area contributed by atoms with Gasteiger partial charge in [0, 0.05) is 25.6 Å². The topological polar surface area (TPSA) is 65.9 Å². The molecule has 0 radical (unpaired) electrons. The molecule has 0 amide bonds. The van der Waals surface area contributed by atoms with Crippen molar-refractivity contribution in [3.63, 3.8) is 0 Å². The summed E-state index contributed by atoms with van der Waals surface area (Å²) in [7, 11) is 0. The Morgan fingerprint density at radius 1 is 1.11 bits per heavy atom. The molecule has 2 atom stereocenters. The molecule has 28 heavy (non-hydrogen) atoms. The van der Waals surface area contributed by atoms with Crippen LogP contribution in [0.15, 0.2) is 53.5 Å². The van der Waals surface area contributed by atoms with Crippen LogP contribution < -0.4 is 10.6 Å². The summed E-state index contributed by atoms with van der Waals surface area (Å²) < 4.78 is 6.13. The molecule has 1 aliphatic heterocycles. The van der Waals surface area contributed by atoms with E-state index in [4.69, 9.17) is 4.74 Å². The van der Waals surface area contributed by atoms with Gasteiger partial charge in [0.05, 0.1) is 12.6 Å². The molecule has 0 saturated carbocycles. The summed E-state index contributed by atoms with van der Waals surface area (Å²) >= 11 is 0. The minimum atomic E-state index is 0.127. The average molecular weight is 382 g/mol. The summed E-state index contributed by atoms with van der Waals surface area (Å²) in [6.45, 7) is 7.19. The second-order valence-corrected chi connectivity index (χ2v) is 7.35. The smallest absolute Gasteiger partial charge is 0.191 e. The zero-order valence-corrected chi connectivity index (χ0v) is 16.8. The number of ether oxygens (including phenoxy) is 1. The van der Waals surface area contributed by atoms with Crippen LogP contribution in [-0.2, 0) is 11.3 Å². The molecule has 1 heterocycles. The largest absolute Gasteiger partial charge is 0.508 e. The van der Waals surface area contributed by atoms with Crippen molar-refractivity contribution < 1.29 is 9.84 Å². The van der Waals surface area contributed by atoms with Crippen LogP contribution in [0.3, 0.4) is 0 Å². The molecule has 2 aromatic carbocycles. The van der Waals surface area contributed by atoms with Gasteiger partial charge in [0.1, 0.15) is 5.75 Å². The van der Waals surface area contributed by atoms with E-state index < -0.39 is 0 Å². The Bertz CT molecular complexity index is 756. The predicted molar refractivity (Wildman–Crippen MR) is 114 cm³/mol. The molecule has 1 aliphatic rings. The fourth-order valence-corrected chi connectivity index (χ4v) is 3.52. The van der Waals surface area contributed by atoms with Crippen molar-refractivity contribution in [3.05, 3.63) is 65.2 Å². The van der Waals surface area contributed by atoms with Gasteiger partial charge in [0.2, 0.25) is 0 Å². The Morgan fingerprint density at radius 3 is 2.57 bits per heavy atom. The molecule has 0 spiro atoms. The fraction of sp³-hybridized carbons (Fsp3) is 0.435. The number of rotatable bonds is 6. The van der Waals surface area contributed by atoms with Gasteiger partial charge in [-0.1, -0.05) is 42.0 Å². The van der Waals surface area contributed by atoms with E-state index in [9.17, 15) is 5.11 Å². The Morgan fingerprint density at radius 2 is 1.86 bits per heavy atom. The maximum absolute atomic E-state index is 9.41. The molecule has 0 aromatic heterocycles. The lowest BCUT2D eigenvalue weighted by Crippen LogP contribution is -2.42. The van der Waals surface area contributed by atoms with Gasteiger partial charge < -0.3 is 20.5 Å². The zero-order chi connectivity index (χ0) is 19.8. The monoisotopic (exact) mass is 381 g/mol. The summed E-state index contributed by atoms with van der Waals surface area (Å²) in [5.41, 5.74) is 3.58. The molecule has 0 aliphatic carbocycles. The second-order valence-electron chi connectivity index (χ2n) is 7.35. The molecular formula is C23H31N3O2. The molecule has 1 fully saturated rings. The van der Waals surface area contributed by atoms with Gasteiger partial charge in [0.15, 0.2) is 5.96 Å². The predicted octanol–water partition coefficient (Wildman–Crippen LogP) is 3.92. The van der Waals surface area contributed by atoms with Crippen molar-refractivity contribution >= 4 is 5.96 Å². The number of hydrogen-bond acceptors (Lipinski definition) is 3. The standard InChI is InChI=1S/C23H31N3O2/c1-3-24-23(25-15-18-8-12-21(27)13-9-18)26-16-20-5-4-14-28-22(20)19-10-6-17(2)7-11-19/h6-13,20,22,27H,3-5,14-16H2,1-2H3,(H2,24,25,26). The maximum atomic E-state index is 9.41. The number of hydrogen-bond donors (Lipinski definition) is 3. The highest BCUT2D eigenvalue weighted by Gasteiger charge is 2.27. The van der Waals surface area contributed by atoms with Crippen LogP contribution in [0.25, 0.3) is 0 Å². The number of nitrogens with one attached hydrogen (secondary N) is 2.